The summed E-state index contributed by atoms with van der Waals surface area (Å²) in [6.07, 6.45) is 0.763. The second-order valence-electron chi connectivity index (χ2n) is 3.93. The van der Waals surface area contributed by atoms with Crippen molar-refractivity contribution in [2.45, 2.75) is 38.9 Å². The Bertz CT molecular complexity index is 295. The second-order valence-corrected chi connectivity index (χ2v) is 6.40. The molecule has 0 saturated carbocycles. The molecular weight excluding hydrogens is 216 g/mol. The predicted molar refractivity (Wildman–Crippen MR) is 59.3 cm³/mol. The highest BCUT2D eigenvalue weighted by Crippen LogP contribution is 2.13. The van der Waals surface area contributed by atoms with Crippen LogP contribution in [0.4, 0.5) is 0 Å². The van der Waals surface area contributed by atoms with Crippen LogP contribution in [0.5, 0.6) is 0 Å². The topological polar surface area (TPSA) is 60.4 Å². The standard InChI is InChI=1S/C10H20O4S/c1-5-8(2)7-15(12,13)9(3)6-10(11)14-4/h8-9H,5-7H2,1-4H3. The monoisotopic (exact) mass is 236 g/mol. The van der Waals surface area contributed by atoms with Gasteiger partial charge in [-0.15, -0.1) is 0 Å². The van der Waals surface area contributed by atoms with E-state index in [0.717, 1.165) is 6.42 Å². The molecule has 2 unspecified atom stereocenters. The third-order valence-electron chi connectivity index (χ3n) is 2.51. The van der Waals surface area contributed by atoms with Crippen molar-refractivity contribution in [3.63, 3.8) is 0 Å². The molecule has 0 fully saturated rings. The summed E-state index contributed by atoms with van der Waals surface area (Å²) in [4.78, 5) is 10.9. The first-order valence-corrected chi connectivity index (χ1v) is 6.83. The zero-order chi connectivity index (χ0) is 12.1. The molecular formula is C10H20O4S. The van der Waals surface area contributed by atoms with Gasteiger partial charge in [-0.25, -0.2) is 8.42 Å². The summed E-state index contributed by atoms with van der Waals surface area (Å²) in [6, 6.07) is 0. The van der Waals surface area contributed by atoms with Gasteiger partial charge in [-0.05, 0) is 12.8 Å². The molecule has 0 N–H and O–H groups in total. The Labute approximate surface area is 91.9 Å². The van der Waals surface area contributed by atoms with Crippen LogP contribution in [0.15, 0.2) is 0 Å². The van der Waals surface area contributed by atoms with E-state index in [0.29, 0.717) is 0 Å². The van der Waals surface area contributed by atoms with Crippen molar-refractivity contribution in [1.82, 2.24) is 0 Å². The molecule has 0 rings (SSSR count). The number of rotatable bonds is 6. The highest BCUT2D eigenvalue weighted by molar-refractivity contribution is 7.92. The van der Waals surface area contributed by atoms with Gasteiger partial charge in [0.15, 0.2) is 9.84 Å². The minimum atomic E-state index is -3.18. The van der Waals surface area contributed by atoms with Crippen LogP contribution < -0.4 is 0 Å². The van der Waals surface area contributed by atoms with E-state index < -0.39 is 21.1 Å². The third-order valence-corrected chi connectivity index (χ3v) is 4.94. The fourth-order valence-corrected chi connectivity index (χ4v) is 2.87. The molecule has 15 heavy (non-hydrogen) atoms. The van der Waals surface area contributed by atoms with Gasteiger partial charge in [0.2, 0.25) is 0 Å². The Morgan fingerprint density at radius 3 is 2.27 bits per heavy atom. The number of ether oxygens (including phenoxy) is 1. The molecule has 0 aliphatic carbocycles. The molecule has 0 heterocycles. The van der Waals surface area contributed by atoms with Gasteiger partial charge in [-0.3, -0.25) is 4.79 Å². The Hall–Kier alpha value is -0.580. The summed E-state index contributed by atoms with van der Waals surface area (Å²) in [7, 11) is -1.92. The smallest absolute Gasteiger partial charge is 0.306 e. The molecule has 0 bridgehead atoms. The zero-order valence-corrected chi connectivity index (χ0v) is 10.6. The van der Waals surface area contributed by atoms with Crippen molar-refractivity contribution in [1.29, 1.82) is 0 Å². The average molecular weight is 236 g/mol. The fraction of sp³-hybridized carbons (Fsp3) is 0.900. The number of hydrogen-bond donors (Lipinski definition) is 0. The average Bonchev–Trinajstić information content (AvgIpc) is 2.16. The Balaban J connectivity index is 4.39. The minimum absolute atomic E-state index is 0.0603. The Morgan fingerprint density at radius 1 is 1.33 bits per heavy atom. The maximum absolute atomic E-state index is 11.7. The van der Waals surface area contributed by atoms with Gasteiger partial charge in [0, 0.05) is 0 Å². The zero-order valence-electron chi connectivity index (χ0n) is 9.82. The van der Waals surface area contributed by atoms with Crippen LogP contribution >= 0.6 is 0 Å². The second kappa shape index (κ2) is 6.10. The molecule has 5 heteroatoms. The van der Waals surface area contributed by atoms with Gasteiger partial charge >= 0.3 is 5.97 Å². The highest BCUT2D eigenvalue weighted by atomic mass is 32.2. The lowest BCUT2D eigenvalue weighted by Crippen LogP contribution is -2.27. The molecule has 0 aromatic heterocycles. The first kappa shape index (κ1) is 14.4. The molecule has 0 spiro atoms. The van der Waals surface area contributed by atoms with Crippen LogP contribution in [0.25, 0.3) is 0 Å². The highest BCUT2D eigenvalue weighted by Gasteiger charge is 2.25. The van der Waals surface area contributed by atoms with Crippen molar-refractivity contribution in [2.75, 3.05) is 12.9 Å². The van der Waals surface area contributed by atoms with Gasteiger partial charge in [0.05, 0.1) is 24.5 Å². The lowest BCUT2D eigenvalue weighted by molar-refractivity contribution is -0.140. The number of esters is 1. The van der Waals surface area contributed by atoms with Crippen molar-refractivity contribution in [3.8, 4) is 0 Å². The number of carbonyl (C=O) groups is 1. The fourth-order valence-electron chi connectivity index (χ4n) is 1.12. The molecule has 0 aliphatic heterocycles. The molecule has 90 valence electrons. The van der Waals surface area contributed by atoms with E-state index in [1.165, 1.54) is 7.11 Å². The SMILES string of the molecule is CCC(C)CS(=O)(=O)C(C)CC(=O)OC. The number of sulfone groups is 1. The summed E-state index contributed by atoms with van der Waals surface area (Å²) in [5.74, 6) is -0.202. The largest absolute Gasteiger partial charge is 0.469 e. The molecule has 0 radical (unpaired) electrons. The van der Waals surface area contributed by atoms with Gasteiger partial charge in [-0.2, -0.15) is 0 Å². The van der Waals surface area contributed by atoms with Crippen molar-refractivity contribution in [2.24, 2.45) is 5.92 Å². The summed E-state index contributed by atoms with van der Waals surface area (Å²) in [5, 5.41) is -0.654. The van der Waals surface area contributed by atoms with Crippen molar-refractivity contribution >= 4 is 15.8 Å². The number of carbonyl (C=O) groups excluding carboxylic acids is 1. The number of methoxy groups -OCH3 is 1. The molecule has 2 atom stereocenters. The normalized spacial score (nSPS) is 15.7. The lowest BCUT2D eigenvalue weighted by atomic mass is 10.2. The third kappa shape index (κ3) is 5.16. The molecule has 0 saturated heterocycles. The van der Waals surface area contributed by atoms with Gasteiger partial charge in [0.1, 0.15) is 0 Å². The van der Waals surface area contributed by atoms with E-state index in [9.17, 15) is 13.2 Å². The molecule has 4 nitrogen and oxygen atoms in total. The molecule has 0 aromatic rings. The van der Waals surface area contributed by atoms with Crippen LogP contribution in [0.2, 0.25) is 0 Å². The van der Waals surface area contributed by atoms with Gasteiger partial charge < -0.3 is 4.74 Å². The van der Waals surface area contributed by atoms with Crippen LogP contribution in [-0.2, 0) is 19.4 Å². The first-order valence-electron chi connectivity index (χ1n) is 5.11. The number of hydrogen-bond acceptors (Lipinski definition) is 4. The van der Waals surface area contributed by atoms with Crippen LogP contribution in [0.3, 0.4) is 0 Å². The van der Waals surface area contributed by atoms with Gasteiger partial charge in [-0.1, -0.05) is 20.3 Å². The van der Waals surface area contributed by atoms with Crippen LogP contribution in [0, 0.1) is 5.92 Å². The summed E-state index contributed by atoms with van der Waals surface area (Å²) in [5.41, 5.74) is 0. The Kier molecular flexibility index (Phi) is 5.87. The van der Waals surface area contributed by atoms with E-state index in [4.69, 9.17) is 0 Å². The van der Waals surface area contributed by atoms with E-state index in [1.54, 1.807) is 6.92 Å². The van der Waals surface area contributed by atoms with E-state index in [-0.39, 0.29) is 18.1 Å². The van der Waals surface area contributed by atoms with E-state index in [1.807, 2.05) is 13.8 Å². The van der Waals surface area contributed by atoms with Crippen LogP contribution in [0.1, 0.15) is 33.6 Å². The predicted octanol–water partition coefficient (Wildman–Crippen LogP) is 1.40. The summed E-state index contributed by atoms with van der Waals surface area (Å²) in [6.45, 7) is 5.39. The maximum atomic E-state index is 11.7. The molecule has 0 amide bonds. The summed E-state index contributed by atoms with van der Waals surface area (Å²) < 4.78 is 27.9. The van der Waals surface area contributed by atoms with E-state index >= 15 is 0 Å². The molecule has 0 aromatic carbocycles. The lowest BCUT2D eigenvalue weighted by Gasteiger charge is -2.14. The van der Waals surface area contributed by atoms with Crippen LogP contribution in [-0.4, -0.2) is 32.5 Å². The van der Waals surface area contributed by atoms with Crippen molar-refractivity contribution < 1.29 is 17.9 Å². The first-order chi connectivity index (χ1) is 6.83. The molecule has 0 aliphatic rings. The van der Waals surface area contributed by atoms with E-state index in [2.05, 4.69) is 4.74 Å². The summed E-state index contributed by atoms with van der Waals surface area (Å²) >= 11 is 0. The minimum Gasteiger partial charge on any atom is -0.469 e. The Morgan fingerprint density at radius 2 is 1.87 bits per heavy atom. The van der Waals surface area contributed by atoms with Gasteiger partial charge in [0.25, 0.3) is 0 Å². The maximum Gasteiger partial charge on any atom is 0.306 e. The quantitative estimate of drug-likeness (QED) is 0.654. The van der Waals surface area contributed by atoms with Crippen molar-refractivity contribution in [3.05, 3.63) is 0 Å².